The average molecular weight is 335 g/mol. The van der Waals surface area contributed by atoms with Gasteiger partial charge in [-0.3, -0.25) is 0 Å². The number of hydrogen-bond donors (Lipinski definition) is 1. The second-order valence-electron chi connectivity index (χ2n) is 6.12. The van der Waals surface area contributed by atoms with Crippen molar-refractivity contribution in [1.29, 1.82) is 0 Å². The molecule has 0 aliphatic carbocycles. The summed E-state index contributed by atoms with van der Waals surface area (Å²) in [6.45, 7) is 9.13. The molecular formula is C18H25NO5. The van der Waals surface area contributed by atoms with E-state index in [9.17, 15) is 9.59 Å². The van der Waals surface area contributed by atoms with Crippen molar-refractivity contribution in [3.05, 3.63) is 48.6 Å². The molecule has 0 aliphatic heterocycles. The normalized spacial score (nSPS) is 12.1. The highest BCUT2D eigenvalue weighted by Gasteiger charge is 2.27. The fourth-order valence-corrected chi connectivity index (χ4v) is 1.72. The Morgan fingerprint density at radius 1 is 1.25 bits per heavy atom. The fraction of sp³-hybridized carbons (Fsp3) is 0.444. The van der Waals surface area contributed by atoms with Crippen LogP contribution in [0.25, 0.3) is 0 Å². The monoisotopic (exact) mass is 335 g/mol. The van der Waals surface area contributed by atoms with Crippen molar-refractivity contribution in [3.8, 4) is 0 Å². The minimum atomic E-state index is -0.951. The lowest BCUT2D eigenvalue weighted by atomic mass is 10.2. The molecule has 0 heterocycles. The molecule has 0 saturated carbocycles. The van der Waals surface area contributed by atoms with Crippen molar-refractivity contribution < 1.29 is 23.8 Å². The number of esters is 1. The first-order chi connectivity index (χ1) is 11.3. The Labute approximate surface area is 142 Å². The predicted molar refractivity (Wildman–Crippen MR) is 90.4 cm³/mol. The molecule has 6 heteroatoms. The second-order valence-corrected chi connectivity index (χ2v) is 6.12. The second kappa shape index (κ2) is 9.72. The van der Waals surface area contributed by atoms with Crippen LogP contribution < -0.4 is 5.32 Å². The highest BCUT2D eigenvalue weighted by Crippen LogP contribution is 2.09. The molecule has 0 bridgehead atoms. The summed E-state index contributed by atoms with van der Waals surface area (Å²) in [6.07, 6.45) is 0.844. The Balaban J connectivity index is 2.56. The van der Waals surface area contributed by atoms with Crippen molar-refractivity contribution in [2.45, 2.75) is 39.0 Å². The molecule has 0 aliphatic rings. The van der Waals surface area contributed by atoms with Crippen LogP contribution in [0.4, 0.5) is 4.79 Å². The Hall–Kier alpha value is -2.34. The number of hydrogen-bond acceptors (Lipinski definition) is 5. The van der Waals surface area contributed by atoms with Gasteiger partial charge in [-0.25, -0.2) is 9.59 Å². The SMILES string of the molecule is C=CCOC[C@H](NC(=O)OCc1ccccc1)C(=O)OC(C)(C)C. The van der Waals surface area contributed by atoms with Crippen LogP contribution in [0.5, 0.6) is 0 Å². The first-order valence-corrected chi connectivity index (χ1v) is 7.70. The lowest BCUT2D eigenvalue weighted by Crippen LogP contribution is -2.47. The van der Waals surface area contributed by atoms with Crippen molar-refractivity contribution in [1.82, 2.24) is 5.32 Å². The molecule has 0 aromatic heterocycles. The number of rotatable bonds is 8. The van der Waals surface area contributed by atoms with Crippen molar-refractivity contribution >= 4 is 12.1 Å². The van der Waals surface area contributed by atoms with Gasteiger partial charge in [0.05, 0.1) is 13.2 Å². The Morgan fingerprint density at radius 2 is 1.92 bits per heavy atom. The maximum atomic E-state index is 12.2. The third kappa shape index (κ3) is 8.33. The molecule has 1 amide bonds. The van der Waals surface area contributed by atoms with Crippen molar-refractivity contribution in [2.24, 2.45) is 0 Å². The molecule has 1 N–H and O–H groups in total. The van der Waals surface area contributed by atoms with Crippen molar-refractivity contribution in [3.63, 3.8) is 0 Å². The molecule has 0 saturated heterocycles. The summed E-state index contributed by atoms with van der Waals surface area (Å²) in [6, 6.07) is 8.30. The van der Waals surface area contributed by atoms with E-state index in [-0.39, 0.29) is 19.8 Å². The minimum Gasteiger partial charge on any atom is -0.458 e. The molecule has 24 heavy (non-hydrogen) atoms. The van der Waals surface area contributed by atoms with Crippen LogP contribution in [0.15, 0.2) is 43.0 Å². The van der Waals surface area contributed by atoms with Gasteiger partial charge >= 0.3 is 12.1 Å². The van der Waals surface area contributed by atoms with Gasteiger partial charge in [-0.15, -0.1) is 6.58 Å². The van der Waals surface area contributed by atoms with E-state index in [0.717, 1.165) is 5.56 Å². The van der Waals surface area contributed by atoms with Crippen LogP contribution in [0.3, 0.4) is 0 Å². The Bertz CT molecular complexity index is 536. The first kappa shape index (κ1) is 19.7. The van der Waals surface area contributed by atoms with Gasteiger partial charge in [0.1, 0.15) is 12.2 Å². The zero-order valence-corrected chi connectivity index (χ0v) is 14.4. The number of carbonyl (C=O) groups is 2. The van der Waals surface area contributed by atoms with Gasteiger partial charge in [-0.2, -0.15) is 0 Å². The van der Waals surface area contributed by atoms with E-state index < -0.39 is 23.7 Å². The highest BCUT2D eigenvalue weighted by atomic mass is 16.6. The summed E-state index contributed by atoms with van der Waals surface area (Å²) in [5, 5.41) is 2.47. The number of alkyl carbamates (subject to hydrolysis) is 1. The third-order valence-corrected chi connectivity index (χ3v) is 2.72. The zero-order chi connectivity index (χ0) is 18.0. The quantitative estimate of drug-likeness (QED) is 0.449. The topological polar surface area (TPSA) is 73.9 Å². The molecular weight excluding hydrogens is 310 g/mol. The molecule has 0 spiro atoms. The number of benzene rings is 1. The number of ether oxygens (including phenoxy) is 3. The number of nitrogens with one attached hydrogen (secondary N) is 1. The van der Waals surface area contributed by atoms with E-state index in [1.807, 2.05) is 30.3 Å². The highest BCUT2D eigenvalue weighted by molar-refractivity contribution is 5.81. The summed E-state index contributed by atoms with van der Waals surface area (Å²) in [7, 11) is 0. The Kier molecular flexibility index (Phi) is 7.98. The van der Waals surface area contributed by atoms with Crippen LogP contribution >= 0.6 is 0 Å². The standard InChI is InChI=1S/C18H25NO5/c1-5-11-22-13-15(16(20)24-18(2,3)4)19-17(21)23-12-14-9-7-6-8-10-14/h5-10,15H,1,11-13H2,2-4H3,(H,19,21)/t15-/m0/s1. The van der Waals surface area contributed by atoms with Crippen LogP contribution in [0.1, 0.15) is 26.3 Å². The summed E-state index contributed by atoms with van der Waals surface area (Å²) in [5.41, 5.74) is 0.188. The zero-order valence-electron chi connectivity index (χ0n) is 14.4. The van der Waals surface area contributed by atoms with Crippen molar-refractivity contribution in [2.75, 3.05) is 13.2 Å². The van der Waals surface area contributed by atoms with Crippen LogP contribution in [-0.4, -0.2) is 36.9 Å². The van der Waals surface area contributed by atoms with Gasteiger partial charge < -0.3 is 19.5 Å². The van der Waals surface area contributed by atoms with E-state index in [1.165, 1.54) is 0 Å². The van der Waals surface area contributed by atoms with E-state index >= 15 is 0 Å². The summed E-state index contributed by atoms with van der Waals surface area (Å²) in [5.74, 6) is -0.580. The Morgan fingerprint density at radius 3 is 2.50 bits per heavy atom. The maximum Gasteiger partial charge on any atom is 0.408 e. The molecule has 0 unspecified atom stereocenters. The fourth-order valence-electron chi connectivity index (χ4n) is 1.72. The summed E-state index contributed by atoms with van der Waals surface area (Å²) in [4.78, 5) is 24.1. The van der Waals surface area contributed by atoms with Gasteiger partial charge in [-0.1, -0.05) is 36.4 Å². The van der Waals surface area contributed by atoms with E-state index in [1.54, 1.807) is 26.8 Å². The lowest BCUT2D eigenvalue weighted by molar-refractivity contribution is -0.158. The van der Waals surface area contributed by atoms with Gasteiger partial charge in [0.15, 0.2) is 6.04 Å². The molecule has 1 aromatic rings. The number of amides is 1. The smallest absolute Gasteiger partial charge is 0.408 e. The molecule has 132 valence electrons. The molecule has 1 rings (SSSR count). The third-order valence-electron chi connectivity index (χ3n) is 2.72. The largest absolute Gasteiger partial charge is 0.458 e. The maximum absolute atomic E-state index is 12.2. The molecule has 1 atom stereocenters. The molecule has 0 fully saturated rings. The lowest BCUT2D eigenvalue weighted by Gasteiger charge is -2.24. The van der Waals surface area contributed by atoms with Gasteiger partial charge in [0, 0.05) is 0 Å². The average Bonchev–Trinajstić information content (AvgIpc) is 2.51. The van der Waals surface area contributed by atoms with Crippen LogP contribution in [-0.2, 0) is 25.6 Å². The first-order valence-electron chi connectivity index (χ1n) is 7.70. The van der Waals surface area contributed by atoms with Crippen LogP contribution in [0, 0.1) is 0 Å². The molecule has 0 radical (unpaired) electrons. The van der Waals surface area contributed by atoms with E-state index in [2.05, 4.69) is 11.9 Å². The molecule has 1 aromatic carbocycles. The molecule has 6 nitrogen and oxygen atoms in total. The summed E-state index contributed by atoms with van der Waals surface area (Å²) < 4.78 is 15.6. The predicted octanol–water partition coefficient (Wildman–Crippen LogP) is 2.83. The minimum absolute atomic E-state index is 0.0264. The van der Waals surface area contributed by atoms with Crippen LogP contribution in [0.2, 0.25) is 0 Å². The van der Waals surface area contributed by atoms with Gasteiger partial charge in [0.2, 0.25) is 0 Å². The summed E-state index contributed by atoms with van der Waals surface area (Å²) >= 11 is 0. The van der Waals surface area contributed by atoms with Gasteiger partial charge in [0.25, 0.3) is 0 Å². The van der Waals surface area contributed by atoms with Gasteiger partial charge in [-0.05, 0) is 26.3 Å². The van der Waals surface area contributed by atoms with E-state index in [4.69, 9.17) is 14.2 Å². The van der Waals surface area contributed by atoms with E-state index in [0.29, 0.717) is 0 Å². The number of carbonyl (C=O) groups excluding carboxylic acids is 2.